The fourth-order valence-corrected chi connectivity index (χ4v) is 10.3. The molecular formula is C80H68O15. The Morgan fingerprint density at radius 3 is 0.726 bits per heavy atom. The molecule has 0 saturated heterocycles. The number of carbonyl (C=O) groups is 3. The van der Waals surface area contributed by atoms with E-state index in [-0.39, 0.29) is 138 Å². The normalized spacial score (nSPS) is 10.7. The van der Waals surface area contributed by atoms with Crippen LogP contribution in [0.4, 0.5) is 0 Å². The number of hydrogen-bond donors (Lipinski definition) is 0. The zero-order chi connectivity index (χ0) is 65.6. The van der Waals surface area contributed by atoms with Crippen LogP contribution in [0.3, 0.4) is 0 Å². The maximum atomic E-state index is 15.4. The molecule has 0 N–H and O–H groups in total. The van der Waals surface area contributed by atoms with Gasteiger partial charge >= 0.3 is 17.9 Å². The van der Waals surface area contributed by atoms with Crippen molar-refractivity contribution in [3.63, 3.8) is 0 Å². The maximum Gasteiger partial charge on any atom is 0.341 e. The number of esters is 3. The van der Waals surface area contributed by atoms with Gasteiger partial charge < -0.3 is 56.8 Å². The molecule has 0 aliphatic rings. The van der Waals surface area contributed by atoms with Crippen molar-refractivity contribution in [3.8, 4) is 68.6 Å². The zero-order valence-electron chi connectivity index (χ0n) is 52.6. The summed E-state index contributed by atoms with van der Waals surface area (Å²) in [6.07, 6.45) is 0. The third-order valence-electron chi connectivity index (χ3n) is 15.1. The first-order chi connectivity index (χ1) is 46.7. The predicted molar refractivity (Wildman–Crippen MR) is 359 cm³/mol. The van der Waals surface area contributed by atoms with Gasteiger partial charge in [-0.3, -0.25) is 0 Å². The van der Waals surface area contributed by atoms with E-state index < -0.39 is 17.9 Å². The van der Waals surface area contributed by atoms with Crippen LogP contribution in [0, 0.1) is 0 Å². The Labute approximate surface area is 551 Å². The summed E-state index contributed by atoms with van der Waals surface area (Å²) in [7, 11) is 3.70. The smallest absolute Gasteiger partial charge is 0.341 e. The largest absolute Gasteiger partial charge is 0.485 e. The van der Waals surface area contributed by atoms with E-state index in [0.717, 1.165) is 33.4 Å². The van der Waals surface area contributed by atoms with Crippen LogP contribution in [0.1, 0.15) is 75.6 Å². The Bertz CT molecular complexity index is 4310. The van der Waals surface area contributed by atoms with Crippen molar-refractivity contribution < 1.29 is 71.2 Å². The Morgan fingerprint density at radius 1 is 0.232 bits per heavy atom. The van der Waals surface area contributed by atoms with Gasteiger partial charge in [0.2, 0.25) is 23.0 Å². The molecule has 15 heteroatoms. The summed E-state index contributed by atoms with van der Waals surface area (Å²) in [5.74, 6) is -3.19. The maximum absolute atomic E-state index is 15.4. The van der Waals surface area contributed by atoms with Gasteiger partial charge in [-0.15, -0.1) is 0 Å². The average Bonchev–Trinajstić information content (AvgIpc) is 0.874. The van der Waals surface area contributed by atoms with E-state index in [2.05, 4.69) is 0 Å². The minimum Gasteiger partial charge on any atom is -0.485 e. The summed E-state index contributed by atoms with van der Waals surface area (Å²) >= 11 is 0. The summed E-state index contributed by atoms with van der Waals surface area (Å²) in [5, 5.41) is 0. The predicted octanol–water partition coefficient (Wildman–Crippen LogP) is 17.1. The van der Waals surface area contributed by atoms with E-state index in [9.17, 15) is 4.79 Å². The van der Waals surface area contributed by atoms with Crippen LogP contribution < -0.4 is 42.6 Å². The molecule has 0 aliphatic heterocycles. The van der Waals surface area contributed by atoms with Gasteiger partial charge in [0, 0.05) is 23.3 Å². The van der Waals surface area contributed by atoms with Gasteiger partial charge in [0.25, 0.3) is 0 Å². The Hall–Kier alpha value is -12.0. The van der Waals surface area contributed by atoms with E-state index in [1.54, 1.807) is 0 Å². The lowest BCUT2D eigenvalue weighted by atomic mass is 9.91. The number of ether oxygens (including phenoxy) is 12. The van der Waals surface area contributed by atoms with Gasteiger partial charge in [-0.1, -0.05) is 243 Å². The van der Waals surface area contributed by atoms with Crippen LogP contribution in [0.15, 0.2) is 261 Å². The minimum atomic E-state index is -0.935. The molecule has 11 aromatic carbocycles. The Kier molecular flexibility index (Phi) is 22.0. The fourth-order valence-electron chi connectivity index (χ4n) is 10.3. The second-order valence-electron chi connectivity index (χ2n) is 21.6. The van der Waals surface area contributed by atoms with Crippen molar-refractivity contribution in [1.29, 1.82) is 0 Å². The lowest BCUT2D eigenvalue weighted by Crippen LogP contribution is -2.15. The van der Waals surface area contributed by atoms with Crippen LogP contribution in [0.2, 0.25) is 0 Å². The SMILES string of the molecule is COC(=O)c1cc(OCc2ccccc2)c(OCc2ccccc2)c(OCc2ccccc2)c1Oc1cc(C(=O)OC)c(-c2c(C(=O)OC)cc(OCc3ccccc3)c(OCc3ccccc3)c2OCc2ccccc2)c(OCc2ccccc2)c1OCc1ccccc1. The molecule has 0 atom stereocenters. The summed E-state index contributed by atoms with van der Waals surface area (Å²) in [6, 6.07) is 79.8. The molecule has 0 aliphatic carbocycles. The molecule has 0 heterocycles. The summed E-state index contributed by atoms with van der Waals surface area (Å²) < 4.78 is 79.7. The topological polar surface area (TPSA) is 162 Å². The van der Waals surface area contributed by atoms with Gasteiger partial charge in [-0.2, -0.15) is 0 Å². The van der Waals surface area contributed by atoms with Crippen molar-refractivity contribution in [2.45, 2.75) is 52.9 Å². The van der Waals surface area contributed by atoms with Crippen LogP contribution >= 0.6 is 0 Å². The van der Waals surface area contributed by atoms with E-state index in [0.29, 0.717) is 11.1 Å². The van der Waals surface area contributed by atoms with Gasteiger partial charge in [0.05, 0.1) is 32.5 Å². The lowest BCUT2D eigenvalue weighted by molar-refractivity contribution is 0.0587. The molecule has 15 nitrogen and oxygen atoms in total. The standard InChI is InChI=1S/C80H68O15/c1-84-78(81)63-44-66(87-47-55-28-12-4-13-29-55)72(89-49-57-32-16-6-17-33-57)75(92-52-60-38-22-9-23-39-60)69(63)70-64(79(82)85-2)45-68(74(91-51-59-36-20-8-21-37-59)76(70)93-53-61-40-24-10-25-41-61)95-71-65(80(83)86-3)46-67(88-48-56-30-14-5-15-31-56)73(90-50-58-34-18-7-19-35-58)77(71)94-54-62-42-26-11-27-43-62/h4-46H,47-54H2,1-3H3. The molecule has 0 amide bonds. The average molecular weight is 1270 g/mol. The lowest BCUT2D eigenvalue weighted by Gasteiger charge is -2.27. The van der Waals surface area contributed by atoms with E-state index in [1.165, 1.54) is 39.5 Å². The van der Waals surface area contributed by atoms with Crippen molar-refractivity contribution in [3.05, 3.63) is 322 Å². The zero-order valence-corrected chi connectivity index (χ0v) is 52.6. The number of hydrogen-bond acceptors (Lipinski definition) is 15. The number of rotatable bonds is 30. The van der Waals surface area contributed by atoms with Crippen molar-refractivity contribution >= 4 is 17.9 Å². The van der Waals surface area contributed by atoms with Crippen LogP contribution in [0.5, 0.6) is 57.5 Å². The van der Waals surface area contributed by atoms with Crippen molar-refractivity contribution in [1.82, 2.24) is 0 Å². The quantitative estimate of drug-likeness (QED) is 0.0308. The van der Waals surface area contributed by atoms with E-state index >= 15 is 9.59 Å². The molecule has 0 spiro atoms. The molecular weight excluding hydrogens is 1200 g/mol. The molecule has 0 saturated carbocycles. The third-order valence-corrected chi connectivity index (χ3v) is 15.1. The van der Waals surface area contributed by atoms with Crippen molar-refractivity contribution in [2.75, 3.05) is 21.3 Å². The molecule has 11 aromatic rings. The van der Waals surface area contributed by atoms with Crippen LogP contribution in [0.25, 0.3) is 11.1 Å². The first kappa shape index (κ1) is 64.6. The molecule has 95 heavy (non-hydrogen) atoms. The second-order valence-corrected chi connectivity index (χ2v) is 21.6. The minimum absolute atomic E-state index is 0.00891. The summed E-state index contributed by atoms with van der Waals surface area (Å²) in [6.45, 7) is -0.367. The van der Waals surface area contributed by atoms with E-state index in [4.69, 9.17) is 56.8 Å². The van der Waals surface area contributed by atoms with Gasteiger partial charge in [-0.25, -0.2) is 14.4 Å². The highest BCUT2D eigenvalue weighted by Gasteiger charge is 2.38. The molecule has 0 aromatic heterocycles. The molecule has 11 rings (SSSR count). The Balaban J connectivity index is 1.23. The first-order valence-corrected chi connectivity index (χ1v) is 30.6. The molecule has 478 valence electrons. The Morgan fingerprint density at radius 2 is 0.442 bits per heavy atom. The first-order valence-electron chi connectivity index (χ1n) is 30.6. The number of methoxy groups -OCH3 is 3. The molecule has 0 radical (unpaired) electrons. The highest BCUT2D eigenvalue weighted by atomic mass is 16.6. The van der Waals surface area contributed by atoms with Gasteiger partial charge in [0.15, 0.2) is 34.5 Å². The highest BCUT2D eigenvalue weighted by molar-refractivity contribution is 6.09. The van der Waals surface area contributed by atoms with E-state index in [1.807, 2.05) is 243 Å². The third kappa shape index (κ3) is 16.6. The fraction of sp³-hybridized carbons (Fsp3) is 0.138. The van der Waals surface area contributed by atoms with Crippen LogP contribution in [-0.2, 0) is 67.1 Å². The van der Waals surface area contributed by atoms with Gasteiger partial charge in [0.1, 0.15) is 58.4 Å². The molecule has 0 fully saturated rings. The second kappa shape index (κ2) is 32.4. The number of carbonyl (C=O) groups excluding carboxylic acids is 3. The highest BCUT2D eigenvalue weighted by Crippen LogP contribution is 2.58. The molecule has 0 bridgehead atoms. The number of benzene rings is 11. The monoisotopic (exact) mass is 1270 g/mol. The summed E-state index contributed by atoms with van der Waals surface area (Å²) in [5.41, 5.74) is 5.44. The molecule has 0 unspecified atom stereocenters. The van der Waals surface area contributed by atoms with Crippen molar-refractivity contribution in [2.24, 2.45) is 0 Å². The van der Waals surface area contributed by atoms with Gasteiger partial charge in [-0.05, 0) is 50.6 Å². The van der Waals surface area contributed by atoms with Crippen LogP contribution in [-0.4, -0.2) is 39.2 Å². The summed E-state index contributed by atoms with van der Waals surface area (Å²) in [4.78, 5) is 45.3.